The van der Waals surface area contributed by atoms with Crippen LogP contribution in [0.4, 0.5) is 0 Å². The second-order valence-electron chi connectivity index (χ2n) is 22.7. The van der Waals surface area contributed by atoms with E-state index in [4.69, 9.17) is 23.7 Å². The van der Waals surface area contributed by atoms with Crippen LogP contribution in [-0.2, 0) is 42.9 Å². The van der Waals surface area contributed by atoms with Crippen molar-refractivity contribution in [2.75, 3.05) is 13.2 Å². The van der Waals surface area contributed by atoms with Crippen molar-refractivity contribution < 1.29 is 58.2 Å². The first-order valence-electron chi connectivity index (χ1n) is 34.2. The number of carbonyl (C=O) groups excluding carboxylic acids is 3. The summed E-state index contributed by atoms with van der Waals surface area (Å²) in [6, 6.07) is 0. The normalized spacial score (nSPS) is 18.2. The number of hydrogen-bond acceptors (Lipinski definition) is 11. The molecule has 0 amide bonds. The van der Waals surface area contributed by atoms with Gasteiger partial charge < -0.3 is 39.0 Å². The molecule has 1 aliphatic heterocycles. The molecule has 12 nitrogen and oxygen atoms in total. The third kappa shape index (κ3) is 50.4. The number of aliphatic hydroxyl groups is 2. The van der Waals surface area contributed by atoms with Gasteiger partial charge >= 0.3 is 23.9 Å². The van der Waals surface area contributed by atoms with Crippen LogP contribution in [0.1, 0.15) is 265 Å². The highest BCUT2D eigenvalue weighted by Crippen LogP contribution is 2.26. The van der Waals surface area contributed by atoms with Crippen molar-refractivity contribution in [1.29, 1.82) is 0 Å². The molecular weight excluding hydrogens is 1090 g/mol. The third-order valence-corrected chi connectivity index (χ3v) is 14.7. The summed E-state index contributed by atoms with van der Waals surface area (Å²) in [4.78, 5) is 51.5. The van der Waals surface area contributed by atoms with Crippen LogP contribution < -0.4 is 0 Å². The largest absolute Gasteiger partial charge is 0.479 e. The number of carboxylic acids is 1. The molecule has 0 aromatic carbocycles. The molecule has 0 spiro atoms. The first kappa shape index (κ1) is 79.9. The van der Waals surface area contributed by atoms with Crippen molar-refractivity contribution in [3.63, 3.8) is 0 Å². The number of rotatable bonds is 57. The molecule has 0 aromatic rings. The summed E-state index contributed by atoms with van der Waals surface area (Å²) in [5.41, 5.74) is 0. The summed E-state index contributed by atoms with van der Waals surface area (Å²) >= 11 is 0. The minimum absolute atomic E-state index is 0.0443. The molecule has 1 fully saturated rings. The van der Waals surface area contributed by atoms with Crippen LogP contribution in [0.15, 0.2) is 134 Å². The molecular formula is C75H120O12. The minimum Gasteiger partial charge on any atom is -0.479 e. The van der Waals surface area contributed by atoms with E-state index < -0.39 is 67.3 Å². The monoisotopic (exact) mass is 1210 g/mol. The SMILES string of the molecule is CC/C=C\C/C=C\C/C=C\C/C=C\C/C=C\CCCCCC(=O)OCC(COC1OC(C(=O)O)C(O)C(O)C1OC(=O)CCCCCCCCCCC/C=C\CCCCCCCC)OC(=O)CCCCC/C=C\C/C=C\C/C=C\C/C=C\C/C=C\CC. The summed E-state index contributed by atoms with van der Waals surface area (Å²) < 4.78 is 28.5. The van der Waals surface area contributed by atoms with Gasteiger partial charge in [0, 0.05) is 19.3 Å². The second kappa shape index (κ2) is 61.1. The van der Waals surface area contributed by atoms with Gasteiger partial charge in [0.2, 0.25) is 0 Å². The lowest BCUT2D eigenvalue weighted by molar-refractivity contribution is -0.301. The average molecular weight is 1210 g/mol. The van der Waals surface area contributed by atoms with E-state index in [2.05, 4.69) is 154 Å². The van der Waals surface area contributed by atoms with Crippen LogP contribution in [0, 0.1) is 0 Å². The Kier molecular flexibility index (Phi) is 56.1. The number of aliphatic carboxylic acids is 1. The van der Waals surface area contributed by atoms with Gasteiger partial charge in [0.1, 0.15) is 18.8 Å². The first-order chi connectivity index (χ1) is 42.6. The average Bonchev–Trinajstić information content (AvgIpc) is 2.56. The van der Waals surface area contributed by atoms with Gasteiger partial charge in [-0.15, -0.1) is 0 Å². The highest BCUT2D eigenvalue weighted by molar-refractivity contribution is 5.74. The van der Waals surface area contributed by atoms with E-state index in [9.17, 15) is 34.5 Å². The van der Waals surface area contributed by atoms with E-state index in [0.717, 1.165) is 135 Å². The number of carboxylic acid groups (broad SMARTS) is 1. The zero-order chi connectivity index (χ0) is 63.1. The Bertz CT molecular complexity index is 2020. The molecule has 1 rings (SSSR count). The molecule has 0 saturated carbocycles. The topological polar surface area (TPSA) is 175 Å². The van der Waals surface area contributed by atoms with Crippen LogP contribution in [0.2, 0.25) is 0 Å². The van der Waals surface area contributed by atoms with Gasteiger partial charge in [-0.05, 0) is 135 Å². The maximum absolute atomic E-state index is 13.2. The third-order valence-electron chi connectivity index (χ3n) is 14.7. The number of allylic oxidation sites excluding steroid dienone is 22. The molecule has 492 valence electrons. The Morgan fingerprint density at radius 1 is 0.391 bits per heavy atom. The zero-order valence-electron chi connectivity index (χ0n) is 54.5. The number of unbranched alkanes of at least 4 members (excludes halogenated alkanes) is 21. The van der Waals surface area contributed by atoms with Crippen LogP contribution >= 0.6 is 0 Å². The van der Waals surface area contributed by atoms with E-state index in [0.29, 0.717) is 19.3 Å². The van der Waals surface area contributed by atoms with Gasteiger partial charge in [0.15, 0.2) is 24.6 Å². The van der Waals surface area contributed by atoms with Gasteiger partial charge in [-0.25, -0.2) is 4.79 Å². The van der Waals surface area contributed by atoms with Gasteiger partial charge in [0.25, 0.3) is 0 Å². The van der Waals surface area contributed by atoms with Gasteiger partial charge in [0.05, 0.1) is 6.61 Å². The molecule has 0 aromatic heterocycles. The summed E-state index contributed by atoms with van der Waals surface area (Å²) in [7, 11) is 0. The predicted molar refractivity (Wildman–Crippen MR) is 358 cm³/mol. The Morgan fingerprint density at radius 2 is 0.724 bits per heavy atom. The number of ether oxygens (including phenoxy) is 5. The van der Waals surface area contributed by atoms with Crippen molar-refractivity contribution >= 4 is 23.9 Å². The molecule has 0 bridgehead atoms. The summed E-state index contributed by atoms with van der Waals surface area (Å²) in [5.74, 6) is -3.22. The Balaban J connectivity index is 2.70. The molecule has 12 heteroatoms. The fraction of sp³-hybridized carbons (Fsp3) is 0.653. The zero-order valence-corrected chi connectivity index (χ0v) is 54.5. The molecule has 3 N–H and O–H groups in total. The molecule has 1 heterocycles. The lowest BCUT2D eigenvalue weighted by Gasteiger charge is -2.40. The lowest BCUT2D eigenvalue weighted by atomic mass is 9.98. The fourth-order valence-electron chi connectivity index (χ4n) is 9.53. The lowest BCUT2D eigenvalue weighted by Crippen LogP contribution is -2.61. The maximum Gasteiger partial charge on any atom is 0.335 e. The number of aliphatic hydroxyl groups excluding tert-OH is 2. The highest BCUT2D eigenvalue weighted by Gasteiger charge is 2.50. The molecule has 6 atom stereocenters. The van der Waals surface area contributed by atoms with Gasteiger partial charge in [-0.1, -0.05) is 244 Å². The van der Waals surface area contributed by atoms with E-state index in [1.54, 1.807) is 0 Å². The van der Waals surface area contributed by atoms with Crippen molar-refractivity contribution in [1.82, 2.24) is 0 Å². The summed E-state index contributed by atoms with van der Waals surface area (Å²) in [5, 5.41) is 31.7. The van der Waals surface area contributed by atoms with Gasteiger partial charge in [-0.3, -0.25) is 14.4 Å². The maximum atomic E-state index is 13.2. The van der Waals surface area contributed by atoms with Crippen molar-refractivity contribution in [2.45, 2.75) is 302 Å². The van der Waals surface area contributed by atoms with Crippen molar-refractivity contribution in [3.8, 4) is 0 Å². The molecule has 1 aliphatic rings. The molecule has 87 heavy (non-hydrogen) atoms. The van der Waals surface area contributed by atoms with Crippen LogP contribution in [-0.4, -0.2) is 89.2 Å². The number of carbonyl (C=O) groups is 4. The van der Waals surface area contributed by atoms with Crippen molar-refractivity contribution in [3.05, 3.63) is 134 Å². The Morgan fingerprint density at radius 3 is 1.13 bits per heavy atom. The number of esters is 3. The smallest absolute Gasteiger partial charge is 0.335 e. The molecule has 1 saturated heterocycles. The van der Waals surface area contributed by atoms with E-state index in [1.807, 2.05) is 0 Å². The van der Waals surface area contributed by atoms with Crippen LogP contribution in [0.5, 0.6) is 0 Å². The Hall–Kier alpha value is -5.14. The van der Waals surface area contributed by atoms with E-state index in [-0.39, 0.29) is 25.9 Å². The predicted octanol–water partition coefficient (Wildman–Crippen LogP) is 18.9. The molecule has 0 radical (unpaired) electrons. The summed E-state index contributed by atoms with van der Waals surface area (Å²) in [6.07, 6.45) is 74.0. The molecule has 0 aliphatic carbocycles. The first-order valence-corrected chi connectivity index (χ1v) is 34.2. The highest BCUT2D eigenvalue weighted by atomic mass is 16.7. The van der Waals surface area contributed by atoms with Crippen molar-refractivity contribution in [2.24, 2.45) is 0 Å². The molecule has 6 unspecified atom stereocenters. The quantitative estimate of drug-likeness (QED) is 0.0228. The van der Waals surface area contributed by atoms with E-state index >= 15 is 0 Å². The van der Waals surface area contributed by atoms with Gasteiger partial charge in [-0.2, -0.15) is 0 Å². The summed E-state index contributed by atoms with van der Waals surface area (Å²) in [6.45, 7) is 5.73. The number of hydrogen-bond donors (Lipinski definition) is 3. The second-order valence-corrected chi connectivity index (χ2v) is 22.7. The van der Waals surface area contributed by atoms with Crippen LogP contribution in [0.3, 0.4) is 0 Å². The van der Waals surface area contributed by atoms with Crippen LogP contribution in [0.25, 0.3) is 0 Å². The van der Waals surface area contributed by atoms with E-state index in [1.165, 1.54) is 70.6 Å². The standard InChI is InChI=1S/C75H120O12/c1-4-7-10-13-16-19-22-25-28-31-34-37-40-43-46-49-52-55-58-61-67(76)83-64-66(85-68(77)62-59-56-53-50-47-44-41-38-35-32-29-26-23-20-17-14-11-8-5-2)65-84-75-73(71(80)70(79)72(87-75)74(81)82)86-69(78)63-60-57-54-51-48-45-42-39-36-33-30-27-24-21-18-15-12-9-6-3/h7-8,10-11,16-17,19-20,25-30,34-35,37-38,43-44,46-47,66,70-73,75,79-80H,4-6,9,12-15,18,21-24,31-33,36,39-42,45,48-65H2,1-3H3,(H,81,82)/b10-7-,11-8-,19-16-,20-17-,28-25-,29-26-,30-27-,37-34-,38-35-,46-43-,47-44-. The Labute approximate surface area is 528 Å². The minimum atomic E-state index is -1.92. The fourth-order valence-corrected chi connectivity index (χ4v) is 9.53.